The molecule has 0 spiro atoms. The van der Waals surface area contributed by atoms with E-state index in [0.717, 1.165) is 42.5 Å². The molecule has 11 heteroatoms. The lowest BCUT2D eigenvalue weighted by Gasteiger charge is -2.11. The Kier molecular flexibility index (Phi) is 4.63. The van der Waals surface area contributed by atoms with Crippen molar-refractivity contribution in [2.75, 3.05) is 0 Å². The molecule has 0 atom stereocenters. The van der Waals surface area contributed by atoms with Crippen molar-refractivity contribution in [3.63, 3.8) is 0 Å². The summed E-state index contributed by atoms with van der Waals surface area (Å²) in [5.41, 5.74) is -0.863. The zero-order valence-corrected chi connectivity index (χ0v) is 15.4. The lowest BCUT2D eigenvalue weighted by atomic mass is 9.98. The summed E-state index contributed by atoms with van der Waals surface area (Å²) in [4.78, 5) is 11.5. The Morgan fingerprint density at radius 1 is 0.786 bits per heavy atom. The minimum absolute atomic E-state index is 0.0940. The smallest absolute Gasteiger partial charge is 0.295 e. The summed E-state index contributed by atoms with van der Waals surface area (Å²) in [7, 11) is -9.44. The van der Waals surface area contributed by atoms with Crippen molar-refractivity contribution in [3.8, 4) is 11.5 Å². The second-order valence-electron chi connectivity index (χ2n) is 5.81. The van der Waals surface area contributed by atoms with Crippen molar-refractivity contribution in [2.45, 2.75) is 9.79 Å². The summed E-state index contributed by atoms with van der Waals surface area (Å²) in [5.74, 6) is -2.10. The Bertz CT molecular complexity index is 1320. The lowest BCUT2D eigenvalue weighted by molar-refractivity contribution is 0.103. The normalized spacial score (nSPS) is 12.2. The maximum atomic E-state index is 12.7. The van der Waals surface area contributed by atoms with Crippen LogP contribution in [0.1, 0.15) is 15.9 Å². The van der Waals surface area contributed by atoms with Gasteiger partial charge in [0.05, 0.1) is 4.90 Å². The van der Waals surface area contributed by atoms with Crippen molar-refractivity contribution in [1.29, 1.82) is 0 Å². The number of benzene rings is 3. The van der Waals surface area contributed by atoms with Gasteiger partial charge in [0.1, 0.15) is 22.0 Å². The van der Waals surface area contributed by atoms with E-state index in [1.807, 2.05) is 0 Å². The fourth-order valence-corrected chi connectivity index (χ4v) is 3.98. The van der Waals surface area contributed by atoms with Crippen LogP contribution in [0, 0.1) is 0 Å². The van der Waals surface area contributed by atoms with E-state index < -0.39 is 52.9 Å². The van der Waals surface area contributed by atoms with Crippen molar-refractivity contribution in [3.05, 3.63) is 59.7 Å². The fourth-order valence-electron chi connectivity index (χ4n) is 2.72. The van der Waals surface area contributed by atoms with E-state index in [-0.39, 0.29) is 16.3 Å². The minimum atomic E-state index is -4.83. The molecule has 0 aliphatic carbocycles. The number of aromatic hydroxyl groups is 2. The van der Waals surface area contributed by atoms with Crippen LogP contribution in [-0.2, 0) is 20.2 Å². The number of rotatable bonds is 4. The second-order valence-corrected chi connectivity index (χ2v) is 8.62. The molecule has 0 aliphatic rings. The van der Waals surface area contributed by atoms with E-state index >= 15 is 0 Å². The minimum Gasteiger partial charge on any atom is -0.507 e. The molecule has 9 nitrogen and oxygen atoms in total. The molecular weight excluding hydrogens is 412 g/mol. The van der Waals surface area contributed by atoms with Gasteiger partial charge in [-0.05, 0) is 41.8 Å². The Labute approximate surface area is 159 Å². The van der Waals surface area contributed by atoms with Gasteiger partial charge < -0.3 is 10.2 Å². The molecule has 0 heterocycles. The molecule has 0 amide bonds. The van der Waals surface area contributed by atoms with Crippen LogP contribution in [0.3, 0.4) is 0 Å². The molecule has 28 heavy (non-hydrogen) atoms. The first-order valence-electron chi connectivity index (χ1n) is 7.48. The predicted octanol–water partition coefficient (Wildman–Crippen LogP) is 1.98. The molecule has 0 unspecified atom stereocenters. The number of carbonyl (C=O) groups excluding carboxylic acids is 1. The zero-order chi connectivity index (χ0) is 20.9. The summed E-state index contributed by atoms with van der Waals surface area (Å²) in [6, 6.07) is 8.38. The topological polar surface area (TPSA) is 166 Å². The Hall–Kier alpha value is -2.99. The Balaban J connectivity index is 2.36. The number of hydrogen-bond acceptors (Lipinski definition) is 7. The van der Waals surface area contributed by atoms with Gasteiger partial charge in [0.15, 0.2) is 0 Å². The van der Waals surface area contributed by atoms with Gasteiger partial charge in [-0.15, -0.1) is 0 Å². The van der Waals surface area contributed by atoms with Crippen LogP contribution in [0.2, 0.25) is 0 Å². The second kappa shape index (κ2) is 6.56. The zero-order valence-electron chi connectivity index (χ0n) is 13.8. The lowest BCUT2D eigenvalue weighted by Crippen LogP contribution is -2.07. The highest BCUT2D eigenvalue weighted by Crippen LogP contribution is 2.32. The van der Waals surface area contributed by atoms with E-state index in [1.165, 1.54) is 6.07 Å². The first-order valence-corrected chi connectivity index (χ1v) is 10.4. The van der Waals surface area contributed by atoms with Crippen LogP contribution in [0.4, 0.5) is 0 Å². The monoisotopic (exact) mass is 424 g/mol. The van der Waals surface area contributed by atoms with E-state index in [0.29, 0.717) is 0 Å². The number of phenols is 2. The van der Waals surface area contributed by atoms with Gasteiger partial charge in [0.25, 0.3) is 20.2 Å². The Morgan fingerprint density at radius 3 is 1.93 bits per heavy atom. The van der Waals surface area contributed by atoms with Gasteiger partial charge in [-0.25, -0.2) is 0 Å². The average molecular weight is 424 g/mol. The molecule has 0 aliphatic heterocycles. The molecule has 0 saturated heterocycles. The number of hydrogen-bond donors (Lipinski definition) is 4. The van der Waals surface area contributed by atoms with Crippen LogP contribution in [-0.4, -0.2) is 41.9 Å². The fraction of sp³-hybridized carbons (Fsp3) is 0. The van der Waals surface area contributed by atoms with Gasteiger partial charge in [-0.3, -0.25) is 13.9 Å². The molecule has 4 N–H and O–H groups in total. The van der Waals surface area contributed by atoms with Crippen LogP contribution < -0.4 is 0 Å². The third kappa shape index (κ3) is 3.55. The van der Waals surface area contributed by atoms with E-state index in [4.69, 9.17) is 0 Å². The maximum absolute atomic E-state index is 12.7. The van der Waals surface area contributed by atoms with Crippen molar-refractivity contribution < 1.29 is 40.9 Å². The van der Waals surface area contributed by atoms with Gasteiger partial charge >= 0.3 is 0 Å². The van der Waals surface area contributed by atoms with Crippen LogP contribution in [0.5, 0.6) is 11.5 Å². The van der Waals surface area contributed by atoms with Crippen LogP contribution >= 0.6 is 0 Å². The summed E-state index contributed by atoms with van der Waals surface area (Å²) in [6.07, 6.45) is 0. The van der Waals surface area contributed by atoms with E-state index in [2.05, 4.69) is 0 Å². The molecule has 0 bridgehead atoms. The SMILES string of the molecule is O=C(c1cc(S(=O)(=O)O)c2ccc(S(=O)(=O)O)cc2c1)c1c(O)cccc1O. The predicted molar refractivity (Wildman–Crippen MR) is 96.8 cm³/mol. The van der Waals surface area contributed by atoms with Crippen molar-refractivity contribution >= 4 is 36.8 Å². The molecule has 3 aromatic rings. The highest BCUT2D eigenvalue weighted by atomic mass is 32.2. The molecule has 0 saturated carbocycles. The largest absolute Gasteiger partial charge is 0.507 e. The van der Waals surface area contributed by atoms with Gasteiger partial charge in [-0.1, -0.05) is 12.1 Å². The summed E-state index contributed by atoms with van der Waals surface area (Å²) in [5, 5.41) is 19.5. The highest BCUT2D eigenvalue weighted by molar-refractivity contribution is 7.86. The van der Waals surface area contributed by atoms with Crippen LogP contribution in [0.15, 0.2) is 58.3 Å². The molecule has 0 radical (unpaired) electrons. The summed E-state index contributed by atoms with van der Waals surface area (Å²) in [6.45, 7) is 0. The number of phenolic OH excluding ortho intramolecular Hbond substituents is 2. The number of ketones is 1. The quantitative estimate of drug-likeness (QED) is 0.362. The molecule has 3 aromatic carbocycles. The van der Waals surface area contributed by atoms with Crippen LogP contribution in [0.25, 0.3) is 10.8 Å². The molecule has 3 rings (SSSR count). The standard InChI is InChI=1S/C17H12O9S2/c18-13-2-1-3-14(19)16(13)17(20)10-6-9-7-11(27(21,22)23)4-5-12(9)15(8-10)28(24,25)26/h1-8,18-19H,(H,21,22,23)(H,24,25,26). The summed E-state index contributed by atoms with van der Waals surface area (Å²) < 4.78 is 64.9. The summed E-state index contributed by atoms with van der Waals surface area (Å²) >= 11 is 0. The van der Waals surface area contributed by atoms with E-state index in [9.17, 15) is 40.9 Å². The van der Waals surface area contributed by atoms with Gasteiger partial charge in [0, 0.05) is 10.9 Å². The molecular formula is C17H12O9S2. The molecule has 146 valence electrons. The highest BCUT2D eigenvalue weighted by Gasteiger charge is 2.23. The number of carbonyl (C=O) groups is 1. The first kappa shape index (κ1) is 19.8. The van der Waals surface area contributed by atoms with Crippen molar-refractivity contribution in [2.24, 2.45) is 0 Å². The molecule has 0 aromatic heterocycles. The third-order valence-corrected chi connectivity index (χ3v) is 5.71. The third-order valence-electron chi connectivity index (χ3n) is 3.97. The maximum Gasteiger partial charge on any atom is 0.295 e. The number of fused-ring (bicyclic) bond motifs is 1. The van der Waals surface area contributed by atoms with Gasteiger partial charge in [0.2, 0.25) is 5.78 Å². The van der Waals surface area contributed by atoms with Gasteiger partial charge in [-0.2, -0.15) is 16.8 Å². The van der Waals surface area contributed by atoms with Crippen molar-refractivity contribution in [1.82, 2.24) is 0 Å². The first-order chi connectivity index (χ1) is 12.9. The molecule has 0 fully saturated rings. The van der Waals surface area contributed by atoms with E-state index in [1.54, 1.807) is 0 Å². The average Bonchev–Trinajstić information content (AvgIpc) is 2.58. The Morgan fingerprint density at radius 2 is 1.39 bits per heavy atom.